The third-order valence-electron chi connectivity index (χ3n) is 5.78. The van der Waals surface area contributed by atoms with E-state index in [0.717, 1.165) is 11.4 Å². The van der Waals surface area contributed by atoms with Crippen LogP contribution in [0.2, 0.25) is 0 Å². The van der Waals surface area contributed by atoms with Gasteiger partial charge < -0.3 is 0 Å². The highest BCUT2D eigenvalue weighted by Crippen LogP contribution is 2.44. The van der Waals surface area contributed by atoms with Gasteiger partial charge in [0.1, 0.15) is 0 Å². The van der Waals surface area contributed by atoms with Gasteiger partial charge in [0.25, 0.3) is 5.91 Å². The number of carbonyl (C=O) groups is 3. The Hall–Kier alpha value is -1.93. The average Bonchev–Trinajstić information content (AvgIpc) is 3.13. The van der Waals surface area contributed by atoms with Gasteiger partial charge >= 0.3 is 0 Å². The Balaban J connectivity index is 1.53. The molecule has 0 spiro atoms. The van der Waals surface area contributed by atoms with Crippen molar-refractivity contribution >= 4 is 55.3 Å². The number of nitrogens with zero attached hydrogens (tertiary/aromatic N) is 2. The molecule has 0 radical (unpaired) electrons. The highest BCUT2D eigenvalue weighted by Gasteiger charge is 2.52. The summed E-state index contributed by atoms with van der Waals surface area (Å²) in [7, 11) is 0. The first kappa shape index (κ1) is 20.3. The summed E-state index contributed by atoms with van der Waals surface area (Å²) in [6.45, 7) is 3.82. The van der Waals surface area contributed by atoms with Crippen molar-refractivity contribution in [2.24, 2.45) is 11.8 Å². The number of anilines is 1. The minimum atomic E-state index is -0.289. The molecular weight excluding hydrogens is 502 g/mol. The molecular formula is C21H21Br2N3O3. The van der Waals surface area contributed by atoms with Crippen LogP contribution in [-0.2, 0) is 9.59 Å². The van der Waals surface area contributed by atoms with Crippen molar-refractivity contribution in [2.75, 3.05) is 10.3 Å². The molecule has 1 saturated heterocycles. The first-order chi connectivity index (χ1) is 13.8. The second-order valence-electron chi connectivity index (χ2n) is 7.67. The summed E-state index contributed by atoms with van der Waals surface area (Å²) < 4.78 is 1.72. The number of carbonyl (C=O) groups excluding carboxylic acids is 3. The molecule has 4 atom stereocenters. The maximum Gasteiger partial charge on any atom is 0.270 e. The lowest BCUT2D eigenvalue weighted by Crippen LogP contribution is -2.34. The lowest BCUT2D eigenvalue weighted by molar-refractivity contribution is -0.122. The van der Waals surface area contributed by atoms with Gasteiger partial charge in [0.15, 0.2) is 0 Å². The Bertz CT molecular complexity index is 938. The maximum absolute atomic E-state index is 12.9. The summed E-state index contributed by atoms with van der Waals surface area (Å²) in [6.07, 6.45) is 1.27. The fourth-order valence-corrected chi connectivity index (χ4v) is 5.36. The number of benzene rings is 1. The number of imide groups is 1. The molecule has 1 saturated carbocycles. The van der Waals surface area contributed by atoms with Crippen LogP contribution in [0.25, 0.3) is 0 Å². The fourth-order valence-electron chi connectivity index (χ4n) is 4.12. The Morgan fingerprint density at radius 3 is 1.86 bits per heavy atom. The second-order valence-corrected chi connectivity index (χ2v) is 10.0. The Labute approximate surface area is 185 Å². The zero-order valence-electron chi connectivity index (χ0n) is 16.1. The highest BCUT2D eigenvalue weighted by atomic mass is 79.9. The van der Waals surface area contributed by atoms with E-state index in [1.54, 1.807) is 28.9 Å². The van der Waals surface area contributed by atoms with Crippen molar-refractivity contribution in [2.45, 2.75) is 36.3 Å². The second kappa shape index (κ2) is 7.72. The predicted octanol–water partition coefficient (Wildman–Crippen LogP) is 3.92. The van der Waals surface area contributed by atoms with Crippen LogP contribution in [-0.4, -0.2) is 32.1 Å². The molecule has 2 aromatic rings. The Morgan fingerprint density at radius 1 is 0.897 bits per heavy atom. The summed E-state index contributed by atoms with van der Waals surface area (Å²) in [6, 6.07) is 10.5. The SMILES string of the molecule is Cc1ccc(C)n1NC(=O)c1ccc(N2C(=O)[C@H]3C[C@@H](Br)[C@@H](Br)C[C@H]3C2=O)cc1. The molecule has 6 nitrogen and oxygen atoms in total. The minimum Gasteiger partial charge on any atom is -0.274 e. The van der Waals surface area contributed by atoms with Gasteiger partial charge in [0, 0.05) is 26.6 Å². The van der Waals surface area contributed by atoms with Gasteiger partial charge in [-0.3, -0.25) is 29.4 Å². The molecule has 1 aliphatic carbocycles. The van der Waals surface area contributed by atoms with Gasteiger partial charge in [-0.1, -0.05) is 31.9 Å². The molecule has 1 aliphatic heterocycles. The van der Waals surface area contributed by atoms with Crippen molar-refractivity contribution < 1.29 is 14.4 Å². The van der Waals surface area contributed by atoms with E-state index < -0.39 is 0 Å². The normalized spacial score (nSPS) is 26.6. The van der Waals surface area contributed by atoms with Crippen LogP contribution in [0, 0.1) is 25.7 Å². The Morgan fingerprint density at radius 2 is 1.38 bits per heavy atom. The number of hydrogen-bond acceptors (Lipinski definition) is 3. The zero-order chi connectivity index (χ0) is 20.9. The molecule has 29 heavy (non-hydrogen) atoms. The number of amides is 3. The van der Waals surface area contributed by atoms with Crippen molar-refractivity contribution in [1.82, 2.24) is 4.68 Å². The van der Waals surface area contributed by atoms with Crippen molar-refractivity contribution in [3.63, 3.8) is 0 Å². The van der Waals surface area contributed by atoms with Gasteiger partial charge in [-0.05, 0) is 63.1 Å². The largest absolute Gasteiger partial charge is 0.274 e. The number of nitrogens with one attached hydrogen (secondary N) is 1. The number of hydrogen-bond donors (Lipinski definition) is 1. The third kappa shape index (κ3) is 3.57. The molecule has 2 aliphatic rings. The zero-order valence-corrected chi connectivity index (χ0v) is 19.2. The lowest BCUT2D eigenvalue weighted by atomic mass is 9.81. The van der Waals surface area contributed by atoms with Gasteiger partial charge in [0.05, 0.1) is 17.5 Å². The first-order valence-corrected chi connectivity index (χ1v) is 11.3. The lowest BCUT2D eigenvalue weighted by Gasteiger charge is -2.29. The van der Waals surface area contributed by atoms with Gasteiger partial charge in [0.2, 0.25) is 11.8 Å². The molecule has 1 aromatic heterocycles. The number of alkyl halides is 2. The van der Waals surface area contributed by atoms with Crippen molar-refractivity contribution in [1.29, 1.82) is 0 Å². The predicted molar refractivity (Wildman–Crippen MR) is 118 cm³/mol. The number of rotatable bonds is 3. The molecule has 1 aromatic carbocycles. The number of halogens is 2. The van der Waals surface area contributed by atoms with E-state index in [1.807, 2.05) is 26.0 Å². The summed E-state index contributed by atoms with van der Waals surface area (Å²) in [4.78, 5) is 40.0. The number of fused-ring (bicyclic) bond motifs is 1. The van der Waals surface area contributed by atoms with Gasteiger partial charge in [-0.25, -0.2) is 0 Å². The molecule has 4 rings (SSSR count). The minimum absolute atomic E-state index is 0.153. The summed E-state index contributed by atoms with van der Waals surface area (Å²) in [5, 5.41) is 0. The van der Waals surface area contributed by atoms with E-state index in [4.69, 9.17) is 0 Å². The quantitative estimate of drug-likeness (QED) is 0.490. The molecule has 2 heterocycles. The van der Waals surface area contributed by atoms with E-state index in [9.17, 15) is 14.4 Å². The van der Waals surface area contributed by atoms with E-state index in [0.29, 0.717) is 24.1 Å². The van der Waals surface area contributed by atoms with E-state index >= 15 is 0 Å². The average molecular weight is 523 g/mol. The standard InChI is InChI=1S/C21H21Br2N3O3/c1-11-3-4-12(2)26(11)24-19(27)13-5-7-14(8-6-13)25-20(28)15-9-17(22)18(23)10-16(15)21(25)29/h3-8,15-18H,9-10H2,1-2H3,(H,24,27)/t15-,16+,17+,18-. The molecule has 152 valence electrons. The number of aryl methyl sites for hydroxylation is 2. The van der Waals surface area contributed by atoms with E-state index in [-0.39, 0.29) is 39.2 Å². The first-order valence-electron chi connectivity index (χ1n) is 9.50. The summed E-state index contributed by atoms with van der Waals surface area (Å²) >= 11 is 7.20. The third-order valence-corrected chi connectivity index (χ3v) is 8.52. The van der Waals surface area contributed by atoms with E-state index in [2.05, 4.69) is 37.3 Å². The topological polar surface area (TPSA) is 71.4 Å². The molecule has 0 bridgehead atoms. The van der Waals surface area contributed by atoms with Crippen LogP contribution in [0.4, 0.5) is 5.69 Å². The maximum atomic E-state index is 12.9. The highest BCUT2D eigenvalue weighted by molar-refractivity contribution is 9.12. The van der Waals surface area contributed by atoms with Gasteiger partial charge in [-0.2, -0.15) is 0 Å². The van der Waals surface area contributed by atoms with E-state index in [1.165, 1.54) is 4.90 Å². The van der Waals surface area contributed by atoms with Crippen molar-refractivity contribution in [3.8, 4) is 0 Å². The van der Waals surface area contributed by atoms with Crippen molar-refractivity contribution in [3.05, 3.63) is 53.3 Å². The van der Waals surface area contributed by atoms with Gasteiger partial charge in [-0.15, -0.1) is 0 Å². The fraction of sp³-hybridized carbons (Fsp3) is 0.381. The summed E-state index contributed by atoms with van der Waals surface area (Å²) in [5.74, 6) is -1.14. The van der Waals surface area contributed by atoms with Crippen LogP contribution >= 0.6 is 31.9 Å². The monoisotopic (exact) mass is 521 g/mol. The van der Waals surface area contributed by atoms with Crippen LogP contribution in [0.1, 0.15) is 34.6 Å². The molecule has 2 fully saturated rings. The molecule has 0 unspecified atom stereocenters. The van der Waals surface area contributed by atoms with Crippen LogP contribution < -0.4 is 10.3 Å². The smallest absolute Gasteiger partial charge is 0.270 e. The number of aromatic nitrogens is 1. The molecule has 8 heteroatoms. The Kier molecular flexibility index (Phi) is 5.42. The van der Waals surface area contributed by atoms with Crippen LogP contribution in [0.3, 0.4) is 0 Å². The molecule has 3 amide bonds. The van der Waals surface area contributed by atoms with Crippen LogP contribution in [0.15, 0.2) is 36.4 Å². The van der Waals surface area contributed by atoms with Crippen LogP contribution in [0.5, 0.6) is 0 Å². The molecule has 1 N–H and O–H groups in total. The summed E-state index contributed by atoms with van der Waals surface area (Å²) in [5.41, 5.74) is 5.68.